The van der Waals surface area contributed by atoms with Crippen LogP contribution >= 0.6 is 11.3 Å². The summed E-state index contributed by atoms with van der Waals surface area (Å²) in [5, 5.41) is 36.2. The molecular weight excluding hydrogens is 504 g/mol. The lowest BCUT2D eigenvalue weighted by atomic mass is 10.1. The minimum absolute atomic E-state index is 0.0655. The van der Waals surface area contributed by atoms with Gasteiger partial charge in [-0.2, -0.15) is 5.10 Å². The highest BCUT2D eigenvalue weighted by molar-refractivity contribution is 7.17. The third kappa shape index (κ3) is 6.39. The first-order valence-electron chi connectivity index (χ1n) is 12.7. The number of aliphatic hydroxyl groups excluding tert-OH is 2. The predicted molar refractivity (Wildman–Crippen MR) is 145 cm³/mol. The van der Waals surface area contributed by atoms with Crippen LogP contribution in [-0.4, -0.2) is 79.4 Å². The number of hydrogen-bond acceptors (Lipinski definition) is 9. The fraction of sp³-hybridized carbons (Fsp3) is 0.481. The average Bonchev–Trinajstić information content (AvgIpc) is 3.51. The molecule has 202 valence electrons. The topological polar surface area (TPSA) is 126 Å². The standard InChI is InChI=1S/C27H34N6O4S/c1-5-6-7-19-12-20(8-9-24(19)37-17(2)3)26-29-30-27(38-26)33-18(4)22-13-32(11-10-23(22)31-33)14-25(36)28-21(15-34)16-35/h1,8-9,12,17,21,34-35H,6-7,10-11,13-16H2,2-4H3,(H,28,36). The molecule has 0 saturated heterocycles. The molecule has 4 rings (SSSR count). The molecule has 0 unspecified atom stereocenters. The first-order valence-corrected chi connectivity index (χ1v) is 13.5. The van der Waals surface area contributed by atoms with Crippen molar-refractivity contribution in [3.63, 3.8) is 0 Å². The normalized spacial score (nSPS) is 13.5. The van der Waals surface area contributed by atoms with E-state index < -0.39 is 6.04 Å². The van der Waals surface area contributed by atoms with Crippen LogP contribution < -0.4 is 10.1 Å². The Morgan fingerprint density at radius 1 is 1.29 bits per heavy atom. The Bertz CT molecular complexity index is 1310. The molecule has 1 amide bonds. The second kappa shape index (κ2) is 12.5. The van der Waals surface area contributed by atoms with Crippen molar-refractivity contribution in [1.29, 1.82) is 0 Å². The molecule has 0 spiro atoms. The minimum Gasteiger partial charge on any atom is -0.491 e. The van der Waals surface area contributed by atoms with Gasteiger partial charge in [0, 0.05) is 42.8 Å². The van der Waals surface area contributed by atoms with E-state index in [4.69, 9.17) is 16.3 Å². The van der Waals surface area contributed by atoms with E-state index >= 15 is 0 Å². The number of hydrogen-bond donors (Lipinski definition) is 3. The molecule has 3 aromatic rings. The number of nitrogens with zero attached hydrogens (tertiary/aromatic N) is 5. The van der Waals surface area contributed by atoms with Gasteiger partial charge in [0.2, 0.25) is 11.0 Å². The maximum atomic E-state index is 12.3. The second-order valence-electron chi connectivity index (χ2n) is 9.60. The summed E-state index contributed by atoms with van der Waals surface area (Å²) in [6, 6.07) is 5.38. The van der Waals surface area contributed by atoms with Gasteiger partial charge in [-0.25, -0.2) is 4.68 Å². The summed E-state index contributed by atoms with van der Waals surface area (Å²) in [6.07, 6.45) is 7.62. The summed E-state index contributed by atoms with van der Waals surface area (Å²) in [7, 11) is 0. The van der Waals surface area contributed by atoms with Crippen molar-refractivity contribution in [3.05, 3.63) is 40.7 Å². The first kappa shape index (κ1) is 27.7. The minimum atomic E-state index is -0.647. The van der Waals surface area contributed by atoms with E-state index in [1.165, 1.54) is 11.3 Å². The van der Waals surface area contributed by atoms with Gasteiger partial charge in [0.15, 0.2) is 0 Å². The maximum absolute atomic E-state index is 12.3. The number of fused-ring (bicyclic) bond motifs is 1. The summed E-state index contributed by atoms with van der Waals surface area (Å²) in [4.78, 5) is 14.4. The van der Waals surface area contributed by atoms with E-state index in [-0.39, 0.29) is 31.8 Å². The predicted octanol–water partition coefficient (Wildman–Crippen LogP) is 1.88. The van der Waals surface area contributed by atoms with E-state index in [2.05, 4.69) is 27.5 Å². The summed E-state index contributed by atoms with van der Waals surface area (Å²) in [6.45, 7) is 6.85. The van der Waals surface area contributed by atoms with Crippen LogP contribution in [0.4, 0.5) is 0 Å². The zero-order valence-corrected chi connectivity index (χ0v) is 22.8. The van der Waals surface area contributed by atoms with Crippen LogP contribution in [0.15, 0.2) is 18.2 Å². The van der Waals surface area contributed by atoms with Gasteiger partial charge in [-0.15, -0.1) is 22.5 Å². The molecule has 0 saturated carbocycles. The van der Waals surface area contributed by atoms with E-state index in [9.17, 15) is 15.0 Å². The molecule has 3 heterocycles. The number of nitrogens with one attached hydrogen (secondary N) is 1. The van der Waals surface area contributed by atoms with Gasteiger partial charge in [-0.3, -0.25) is 9.69 Å². The number of carbonyl (C=O) groups excluding carboxylic acids is 1. The van der Waals surface area contributed by atoms with Crippen molar-refractivity contribution in [2.24, 2.45) is 0 Å². The summed E-state index contributed by atoms with van der Waals surface area (Å²) >= 11 is 1.46. The Morgan fingerprint density at radius 2 is 2.08 bits per heavy atom. The van der Waals surface area contributed by atoms with Crippen LogP contribution in [-0.2, 0) is 24.2 Å². The molecule has 0 fully saturated rings. The van der Waals surface area contributed by atoms with Gasteiger partial charge in [0.05, 0.1) is 37.6 Å². The molecule has 0 aliphatic carbocycles. The Labute approximate surface area is 226 Å². The van der Waals surface area contributed by atoms with Gasteiger partial charge in [-0.05, 0) is 51.0 Å². The number of aryl methyl sites for hydroxylation is 1. The highest BCUT2D eigenvalue weighted by Crippen LogP contribution is 2.32. The molecule has 1 aliphatic heterocycles. The lowest BCUT2D eigenvalue weighted by Crippen LogP contribution is -2.46. The van der Waals surface area contributed by atoms with E-state index in [1.807, 2.05) is 42.5 Å². The van der Waals surface area contributed by atoms with Crippen LogP contribution in [0.1, 0.15) is 42.8 Å². The number of amides is 1. The second-order valence-corrected chi connectivity index (χ2v) is 10.6. The third-order valence-corrected chi connectivity index (χ3v) is 7.30. The number of carbonyl (C=O) groups is 1. The Morgan fingerprint density at radius 3 is 2.79 bits per heavy atom. The van der Waals surface area contributed by atoms with E-state index in [0.717, 1.165) is 45.3 Å². The highest BCUT2D eigenvalue weighted by Gasteiger charge is 2.26. The third-order valence-electron chi connectivity index (χ3n) is 6.35. The van der Waals surface area contributed by atoms with E-state index in [1.54, 1.807) is 0 Å². The Balaban J connectivity index is 1.51. The lowest BCUT2D eigenvalue weighted by Gasteiger charge is -2.26. The molecule has 0 radical (unpaired) electrons. The smallest absolute Gasteiger partial charge is 0.234 e. The molecule has 11 heteroatoms. The number of terminal acetylenes is 1. The van der Waals surface area contributed by atoms with Gasteiger partial charge in [0.25, 0.3) is 0 Å². The summed E-state index contributed by atoms with van der Waals surface area (Å²) in [5.74, 6) is 3.30. The highest BCUT2D eigenvalue weighted by atomic mass is 32.1. The molecule has 0 atom stereocenters. The molecule has 38 heavy (non-hydrogen) atoms. The van der Waals surface area contributed by atoms with Gasteiger partial charge < -0.3 is 20.3 Å². The van der Waals surface area contributed by atoms with Gasteiger partial charge >= 0.3 is 0 Å². The first-order chi connectivity index (χ1) is 18.3. The molecule has 2 aromatic heterocycles. The van der Waals surface area contributed by atoms with Crippen molar-refractivity contribution >= 4 is 17.2 Å². The number of ether oxygens (including phenoxy) is 1. The van der Waals surface area contributed by atoms with Crippen molar-refractivity contribution in [3.8, 4) is 33.8 Å². The van der Waals surface area contributed by atoms with Crippen LogP contribution in [0.3, 0.4) is 0 Å². The molecule has 1 aromatic carbocycles. The number of aromatic nitrogens is 4. The van der Waals surface area contributed by atoms with Crippen molar-refractivity contribution in [2.45, 2.75) is 58.7 Å². The van der Waals surface area contributed by atoms with Gasteiger partial charge in [0.1, 0.15) is 10.8 Å². The SMILES string of the molecule is C#CCCc1cc(-c2nnc(-n3nc4c(c3C)CN(CC(=O)NC(CO)CO)CC4)s2)ccc1OC(C)C. The maximum Gasteiger partial charge on any atom is 0.234 e. The summed E-state index contributed by atoms with van der Waals surface area (Å²) in [5.41, 5.74) is 5.03. The average molecular weight is 539 g/mol. The fourth-order valence-corrected chi connectivity index (χ4v) is 5.26. The van der Waals surface area contributed by atoms with Crippen LogP contribution in [0.5, 0.6) is 5.75 Å². The van der Waals surface area contributed by atoms with Crippen molar-refractivity contribution < 1.29 is 19.7 Å². The number of aliphatic hydroxyl groups is 2. The summed E-state index contributed by atoms with van der Waals surface area (Å²) < 4.78 is 7.80. The zero-order valence-electron chi connectivity index (χ0n) is 22.0. The quantitative estimate of drug-likeness (QED) is 0.316. The molecule has 0 bridgehead atoms. The largest absolute Gasteiger partial charge is 0.491 e. The molecule has 10 nitrogen and oxygen atoms in total. The van der Waals surface area contributed by atoms with Crippen LogP contribution in [0.25, 0.3) is 15.7 Å². The zero-order chi connectivity index (χ0) is 27.2. The van der Waals surface area contributed by atoms with Crippen molar-refractivity contribution in [2.75, 3.05) is 26.3 Å². The lowest BCUT2D eigenvalue weighted by molar-refractivity contribution is -0.123. The van der Waals surface area contributed by atoms with Crippen molar-refractivity contribution in [1.82, 2.24) is 30.2 Å². The van der Waals surface area contributed by atoms with Crippen LogP contribution in [0, 0.1) is 19.3 Å². The Hall–Kier alpha value is -3.30. The Kier molecular flexibility index (Phi) is 9.12. The molecular formula is C27H34N6O4S. The molecule has 1 aliphatic rings. The monoisotopic (exact) mass is 538 g/mol. The number of rotatable bonds is 11. The number of benzene rings is 1. The van der Waals surface area contributed by atoms with Crippen LogP contribution in [0.2, 0.25) is 0 Å². The van der Waals surface area contributed by atoms with E-state index in [0.29, 0.717) is 31.1 Å². The fourth-order valence-electron chi connectivity index (χ4n) is 4.41. The molecule has 3 N–H and O–H groups in total. The van der Waals surface area contributed by atoms with Gasteiger partial charge in [-0.1, -0.05) is 11.3 Å².